The van der Waals surface area contributed by atoms with E-state index in [1.165, 1.54) is 0 Å². The highest BCUT2D eigenvalue weighted by Crippen LogP contribution is 2.24. The molecule has 148 valence electrons. The van der Waals surface area contributed by atoms with Crippen LogP contribution in [0.25, 0.3) is 10.8 Å². The molecule has 3 nitrogen and oxygen atoms in total. The molecular weight excluding hydrogens is 412 g/mol. The van der Waals surface area contributed by atoms with Crippen molar-refractivity contribution in [3.8, 4) is 0 Å². The van der Waals surface area contributed by atoms with Gasteiger partial charge in [0.15, 0.2) is 0 Å². The second-order valence-corrected chi connectivity index (χ2v) is 8.19. The van der Waals surface area contributed by atoms with Gasteiger partial charge in [-0.3, -0.25) is 4.79 Å². The van der Waals surface area contributed by atoms with Gasteiger partial charge in [0.05, 0.1) is 6.21 Å². The Balaban J connectivity index is 1.35. The zero-order valence-corrected chi connectivity index (χ0v) is 17.7. The molecule has 0 aliphatic heterocycles. The summed E-state index contributed by atoms with van der Waals surface area (Å²) < 4.78 is 0. The molecule has 0 fully saturated rings. The van der Waals surface area contributed by atoms with Gasteiger partial charge in [-0.25, -0.2) is 5.43 Å². The number of thioether (sulfide) groups is 1. The predicted molar refractivity (Wildman–Crippen MR) is 126 cm³/mol. The largest absolute Gasteiger partial charge is 0.271 e. The molecular formula is C25H19ClN2OS. The second kappa shape index (κ2) is 9.61. The van der Waals surface area contributed by atoms with Crippen molar-refractivity contribution >= 4 is 46.3 Å². The number of halogens is 1. The molecule has 30 heavy (non-hydrogen) atoms. The average molecular weight is 431 g/mol. The Bertz CT molecular complexity index is 1180. The minimum absolute atomic E-state index is 0.233. The molecule has 5 heteroatoms. The number of nitrogens with zero attached hydrogens (tertiary/aromatic N) is 1. The molecule has 0 saturated heterocycles. The molecule has 0 atom stereocenters. The molecule has 0 spiro atoms. The van der Waals surface area contributed by atoms with Gasteiger partial charge in [0, 0.05) is 26.8 Å². The first-order chi connectivity index (χ1) is 14.7. The fourth-order valence-electron chi connectivity index (χ4n) is 3.04. The van der Waals surface area contributed by atoms with Crippen LogP contribution in [-0.4, -0.2) is 12.1 Å². The summed E-state index contributed by atoms with van der Waals surface area (Å²) in [5.74, 6) is 0.589. The van der Waals surface area contributed by atoms with Gasteiger partial charge in [-0.1, -0.05) is 66.2 Å². The molecule has 0 heterocycles. The van der Waals surface area contributed by atoms with Crippen LogP contribution in [0.1, 0.15) is 21.5 Å². The van der Waals surface area contributed by atoms with E-state index in [2.05, 4.69) is 22.7 Å². The number of amides is 1. The molecule has 0 saturated carbocycles. The first-order valence-corrected chi connectivity index (χ1v) is 10.8. The molecule has 4 aromatic carbocycles. The minimum Gasteiger partial charge on any atom is -0.267 e. The Morgan fingerprint density at radius 2 is 1.63 bits per heavy atom. The van der Waals surface area contributed by atoms with Crippen molar-refractivity contribution in [3.63, 3.8) is 0 Å². The van der Waals surface area contributed by atoms with E-state index < -0.39 is 0 Å². The third-order valence-corrected chi connectivity index (χ3v) is 5.96. The van der Waals surface area contributed by atoms with E-state index >= 15 is 0 Å². The van der Waals surface area contributed by atoms with Crippen LogP contribution >= 0.6 is 23.4 Å². The van der Waals surface area contributed by atoms with Crippen LogP contribution in [0.5, 0.6) is 0 Å². The third kappa shape index (κ3) is 5.09. The lowest BCUT2D eigenvalue weighted by Crippen LogP contribution is -2.17. The molecule has 0 aromatic heterocycles. The SMILES string of the molecule is O=C(N/N=C\c1cccc2ccccc12)c1ccc(CSc2ccc(Cl)cc2)cc1. The van der Waals surface area contributed by atoms with Gasteiger partial charge in [-0.2, -0.15) is 5.10 Å². The van der Waals surface area contributed by atoms with Crippen LogP contribution < -0.4 is 5.43 Å². The van der Waals surface area contributed by atoms with Crippen molar-refractivity contribution in [1.82, 2.24) is 5.43 Å². The lowest BCUT2D eigenvalue weighted by atomic mass is 10.1. The van der Waals surface area contributed by atoms with E-state index in [4.69, 9.17) is 11.6 Å². The zero-order chi connectivity index (χ0) is 20.8. The highest BCUT2D eigenvalue weighted by atomic mass is 35.5. The molecule has 0 aliphatic rings. The molecule has 0 aliphatic carbocycles. The summed E-state index contributed by atoms with van der Waals surface area (Å²) in [6.07, 6.45) is 1.68. The molecule has 0 radical (unpaired) electrons. The number of carbonyl (C=O) groups is 1. The lowest BCUT2D eigenvalue weighted by Gasteiger charge is -2.05. The van der Waals surface area contributed by atoms with Crippen LogP contribution in [0, 0.1) is 0 Å². The van der Waals surface area contributed by atoms with Crippen molar-refractivity contribution in [2.45, 2.75) is 10.6 Å². The van der Waals surface area contributed by atoms with Gasteiger partial charge in [-0.05, 0) is 52.7 Å². The minimum atomic E-state index is -0.233. The van der Waals surface area contributed by atoms with E-state index in [9.17, 15) is 4.79 Å². The number of hydrazone groups is 1. The predicted octanol–water partition coefficient (Wildman–Crippen LogP) is 6.55. The van der Waals surface area contributed by atoms with E-state index in [0.29, 0.717) is 5.56 Å². The fourth-order valence-corrected chi connectivity index (χ4v) is 4.02. The Morgan fingerprint density at radius 3 is 2.43 bits per heavy atom. The van der Waals surface area contributed by atoms with Gasteiger partial charge in [0.25, 0.3) is 5.91 Å². The van der Waals surface area contributed by atoms with Crippen LogP contribution in [0.2, 0.25) is 5.02 Å². The highest BCUT2D eigenvalue weighted by Gasteiger charge is 2.05. The second-order valence-electron chi connectivity index (χ2n) is 6.71. The first kappa shape index (κ1) is 20.2. The monoisotopic (exact) mass is 430 g/mol. The zero-order valence-electron chi connectivity index (χ0n) is 16.1. The van der Waals surface area contributed by atoms with E-state index in [-0.39, 0.29) is 5.91 Å². The Labute approximate surface area is 184 Å². The Morgan fingerprint density at radius 1 is 0.900 bits per heavy atom. The maximum atomic E-state index is 12.4. The molecule has 4 aromatic rings. The standard InChI is InChI=1S/C25H19ClN2OS/c26-22-12-14-23(15-13-22)30-17-18-8-10-20(11-9-18)25(29)28-27-16-21-6-3-5-19-4-1-2-7-24(19)21/h1-16H,17H2,(H,28,29)/b27-16-. The summed E-state index contributed by atoms with van der Waals surface area (Å²) in [4.78, 5) is 13.5. The van der Waals surface area contributed by atoms with Crippen LogP contribution in [0.4, 0.5) is 0 Å². The maximum absolute atomic E-state index is 12.4. The summed E-state index contributed by atoms with van der Waals surface area (Å²) in [6.45, 7) is 0. The van der Waals surface area contributed by atoms with Crippen molar-refractivity contribution in [2.24, 2.45) is 5.10 Å². The van der Waals surface area contributed by atoms with Gasteiger partial charge in [0.1, 0.15) is 0 Å². The van der Waals surface area contributed by atoms with E-state index in [1.807, 2.05) is 78.9 Å². The number of rotatable bonds is 6. The van der Waals surface area contributed by atoms with Crippen molar-refractivity contribution in [1.29, 1.82) is 0 Å². The lowest BCUT2D eigenvalue weighted by molar-refractivity contribution is 0.0955. The summed E-state index contributed by atoms with van der Waals surface area (Å²) in [5, 5.41) is 7.10. The Hall–Kier alpha value is -3.08. The highest BCUT2D eigenvalue weighted by molar-refractivity contribution is 7.98. The van der Waals surface area contributed by atoms with Gasteiger partial charge in [0.2, 0.25) is 0 Å². The quantitative estimate of drug-likeness (QED) is 0.214. The van der Waals surface area contributed by atoms with Gasteiger partial charge < -0.3 is 0 Å². The average Bonchev–Trinajstić information content (AvgIpc) is 2.79. The third-order valence-electron chi connectivity index (χ3n) is 4.63. The summed E-state index contributed by atoms with van der Waals surface area (Å²) in [7, 11) is 0. The molecule has 1 N–H and O–H groups in total. The van der Waals surface area contributed by atoms with Crippen LogP contribution in [0.3, 0.4) is 0 Å². The summed E-state index contributed by atoms with van der Waals surface area (Å²) in [6, 6.07) is 29.4. The van der Waals surface area contributed by atoms with Crippen LogP contribution in [0.15, 0.2) is 101 Å². The number of carbonyl (C=O) groups excluding carboxylic acids is 1. The fraction of sp³-hybridized carbons (Fsp3) is 0.0400. The Kier molecular flexibility index (Phi) is 6.47. The molecule has 4 rings (SSSR count). The van der Waals surface area contributed by atoms with Crippen molar-refractivity contribution in [3.05, 3.63) is 113 Å². The number of hydrogen-bond acceptors (Lipinski definition) is 3. The molecule has 1 amide bonds. The number of hydrogen-bond donors (Lipinski definition) is 1. The smallest absolute Gasteiger partial charge is 0.267 e. The number of fused-ring (bicyclic) bond motifs is 1. The van der Waals surface area contributed by atoms with E-state index in [0.717, 1.165) is 37.6 Å². The number of benzene rings is 4. The van der Waals surface area contributed by atoms with Crippen molar-refractivity contribution < 1.29 is 4.79 Å². The molecule has 0 unspecified atom stereocenters. The number of nitrogens with one attached hydrogen (secondary N) is 1. The molecule has 0 bridgehead atoms. The van der Waals surface area contributed by atoms with E-state index in [1.54, 1.807) is 18.0 Å². The first-order valence-electron chi connectivity index (χ1n) is 9.47. The van der Waals surface area contributed by atoms with Gasteiger partial charge in [-0.15, -0.1) is 11.8 Å². The topological polar surface area (TPSA) is 41.5 Å². The van der Waals surface area contributed by atoms with Crippen LogP contribution in [-0.2, 0) is 5.75 Å². The summed E-state index contributed by atoms with van der Waals surface area (Å²) >= 11 is 7.64. The maximum Gasteiger partial charge on any atom is 0.271 e. The van der Waals surface area contributed by atoms with Crippen molar-refractivity contribution in [2.75, 3.05) is 0 Å². The van der Waals surface area contributed by atoms with Gasteiger partial charge >= 0.3 is 0 Å². The summed E-state index contributed by atoms with van der Waals surface area (Å²) in [5.41, 5.74) is 5.29. The normalized spacial score (nSPS) is 11.1.